The molecular weight excluding hydrogens is 321 g/mol. The lowest BCUT2D eigenvalue weighted by molar-refractivity contribution is -0.149. The van der Waals surface area contributed by atoms with Crippen LogP contribution in [-0.2, 0) is 9.53 Å². The number of rotatable bonds is 4. The van der Waals surface area contributed by atoms with Crippen LogP contribution in [0.15, 0.2) is 22.7 Å². The maximum atomic E-state index is 10.7. The molecule has 1 aromatic carbocycles. The third-order valence-corrected chi connectivity index (χ3v) is 3.73. The van der Waals surface area contributed by atoms with Crippen molar-refractivity contribution in [2.75, 3.05) is 11.9 Å². The largest absolute Gasteiger partial charge is 0.479 e. The molecule has 0 aliphatic carbocycles. The quantitative estimate of drug-likeness (QED) is 0.888. The molecule has 4 nitrogen and oxygen atoms in total. The van der Waals surface area contributed by atoms with E-state index in [2.05, 4.69) is 21.2 Å². The molecule has 1 aliphatic heterocycles. The second kappa shape index (κ2) is 5.91. The molecule has 1 fully saturated rings. The maximum absolute atomic E-state index is 10.7. The van der Waals surface area contributed by atoms with E-state index in [0.717, 1.165) is 16.6 Å². The molecule has 0 aromatic heterocycles. The Morgan fingerprint density at radius 3 is 2.94 bits per heavy atom. The molecule has 2 N–H and O–H groups in total. The molecule has 0 radical (unpaired) electrons. The summed E-state index contributed by atoms with van der Waals surface area (Å²) < 4.78 is 6.28. The highest BCUT2D eigenvalue weighted by Crippen LogP contribution is 2.27. The summed E-state index contributed by atoms with van der Waals surface area (Å²) in [5, 5.41) is 12.7. The van der Waals surface area contributed by atoms with Crippen LogP contribution >= 0.6 is 27.5 Å². The number of halogens is 2. The first-order valence-electron chi connectivity index (χ1n) is 5.63. The van der Waals surface area contributed by atoms with Gasteiger partial charge in [-0.15, -0.1) is 0 Å². The molecule has 0 spiro atoms. The Hall–Kier alpha value is -0.780. The summed E-state index contributed by atoms with van der Waals surface area (Å²) in [5.41, 5.74) is 0.918. The first-order valence-corrected chi connectivity index (χ1v) is 6.80. The molecule has 0 saturated carbocycles. The molecule has 1 aromatic rings. The number of benzene rings is 1. The predicted molar refractivity (Wildman–Crippen MR) is 73.2 cm³/mol. The Morgan fingerprint density at radius 1 is 1.56 bits per heavy atom. The predicted octanol–water partition coefficient (Wildman–Crippen LogP) is 3.15. The zero-order valence-electron chi connectivity index (χ0n) is 9.53. The normalized spacial score (nSPS) is 23.0. The van der Waals surface area contributed by atoms with Gasteiger partial charge in [-0.3, -0.25) is 0 Å². The first kappa shape index (κ1) is 13.6. The summed E-state index contributed by atoms with van der Waals surface area (Å²) in [5.74, 6) is -0.884. The van der Waals surface area contributed by atoms with Gasteiger partial charge < -0.3 is 15.2 Å². The van der Waals surface area contributed by atoms with Gasteiger partial charge in [0.2, 0.25) is 0 Å². The standard InChI is InChI=1S/C12H13BrClNO3/c13-9-5-7(14)1-3-10(9)15-6-8-2-4-11(18-8)12(16)17/h1,3,5,8,11,15H,2,4,6H2,(H,16,17). The number of carbonyl (C=O) groups is 1. The van der Waals surface area contributed by atoms with Gasteiger partial charge in [0.1, 0.15) is 0 Å². The molecule has 18 heavy (non-hydrogen) atoms. The lowest BCUT2D eigenvalue weighted by Gasteiger charge is -2.14. The van der Waals surface area contributed by atoms with Crippen molar-refractivity contribution in [2.45, 2.75) is 25.0 Å². The van der Waals surface area contributed by atoms with E-state index in [4.69, 9.17) is 21.4 Å². The summed E-state index contributed by atoms with van der Waals surface area (Å²) in [4.78, 5) is 10.7. The average Bonchev–Trinajstić information content (AvgIpc) is 2.76. The third-order valence-electron chi connectivity index (χ3n) is 2.83. The number of hydrogen-bond acceptors (Lipinski definition) is 3. The minimum absolute atomic E-state index is 0.0614. The van der Waals surface area contributed by atoms with Gasteiger partial charge in [0.15, 0.2) is 6.10 Å². The maximum Gasteiger partial charge on any atom is 0.332 e. The number of nitrogens with one attached hydrogen (secondary N) is 1. The lowest BCUT2D eigenvalue weighted by Crippen LogP contribution is -2.24. The fourth-order valence-electron chi connectivity index (χ4n) is 1.89. The molecule has 0 amide bonds. The molecule has 2 atom stereocenters. The van der Waals surface area contributed by atoms with E-state index < -0.39 is 12.1 Å². The Balaban J connectivity index is 1.87. The molecule has 0 bridgehead atoms. The third kappa shape index (κ3) is 3.37. The van der Waals surface area contributed by atoms with Crippen LogP contribution < -0.4 is 5.32 Å². The summed E-state index contributed by atoms with van der Waals surface area (Å²) >= 11 is 9.26. The number of carboxylic acid groups (broad SMARTS) is 1. The molecule has 2 unspecified atom stereocenters. The highest BCUT2D eigenvalue weighted by molar-refractivity contribution is 9.10. The van der Waals surface area contributed by atoms with Gasteiger partial charge in [0.25, 0.3) is 0 Å². The van der Waals surface area contributed by atoms with Crippen LogP contribution in [0.1, 0.15) is 12.8 Å². The molecule has 1 saturated heterocycles. The highest BCUT2D eigenvalue weighted by atomic mass is 79.9. The monoisotopic (exact) mass is 333 g/mol. The van der Waals surface area contributed by atoms with Crippen LogP contribution in [0.5, 0.6) is 0 Å². The summed E-state index contributed by atoms with van der Waals surface area (Å²) in [6.45, 7) is 0.587. The molecular formula is C12H13BrClNO3. The van der Waals surface area contributed by atoms with Crippen LogP contribution in [0.3, 0.4) is 0 Å². The van der Waals surface area contributed by atoms with Crippen LogP contribution in [0.25, 0.3) is 0 Å². The van der Waals surface area contributed by atoms with E-state index in [-0.39, 0.29) is 6.10 Å². The Labute approximate surface area is 118 Å². The van der Waals surface area contributed by atoms with Crippen molar-refractivity contribution in [3.8, 4) is 0 Å². The molecule has 1 heterocycles. The topological polar surface area (TPSA) is 58.6 Å². The number of anilines is 1. The van der Waals surface area contributed by atoms with Gasteiger partial charge in [0, 0.05) is 21.7 Å². The van der Waals surface area contributed by atoms with Gasteiger partial charge in [-0.1, -0.05) is 11.6 Å². The summed E-state index contributed by atoms with van der Waals surface area (Å²) in [7, 11) is 0. The van der Waals surface area contributed by atoms with Crippen molar-refractivity contribution in [1.82, 2.24) is 0 Å². The number of ether oxygens (including phenoxy) is 1. The molecule has 6 heteroatoms. The minimum Gasteiger partial charge on any atom is -0.479 e. The first-order chi connectivity index (χ1) is 8.56. The van der Waals surface area contributed by atoms with Crippen LogP contribution in [0.2, 0.25) is 5.02 Å². The fourth-order valence-corrected chi connectivity index (χ4v) is 2.72. The van der Waals surface area contributed by atoms with Gasteiger partial charge >= 0.3 is 5.97 Å². The Bertz CT molecular complexity index is 455. The number of carboxylic acids is 1. The minimum atomic E-state index is -0.884. The summed E-state index contributed by atoms with van der Waals surface area (Å²) in [6, 6.07) is 5.47. The van der Waals surface area contributed by atoms with Crippen molar-refractivity contribution < 1.29 is 14.6 Å². The second-order valence-electron chi connectivity index (χ2n) is 4.17. The van der Waals surface area contributed by atoms with E-state index >= 15 is 0 Å². The molecule has 98 valence electrons. The number of hydrogen-bond donors (Lipinski definition) is 2. The van der Waals surface area contributed by atoms with E-state index in [1.165, 1.54) is 0 Å². The average molecular weight is 335 g/mol. The Morgan fingerprint density at radius 2 is 2.33 bits per heavy atom. The zero-order valence-corrected chi connectivity index (χ0v) is 11.9. The van der Waals surface area contributed by atoms with Crippen molar-refractivity contribution in [3.63, 3.8) is 0 Å². The highest BCUT2D eigenvalue weighted by Gasteiger charge is 2.30. The van der Waals surface area contributed by atoms with E-state index in [0.29, 0.717) is 18.0 Å². The van der Waals surface area contributed by atoms with Gasteiger partial charge in [-0.25, -0.2) is 4.79 Å². The van der Waals surface area contributed by atoms with Crippen molar-refractivity contribution in [3.05, 3.63) is 27.7 Å². The van der Waals surface area contributed by atoms with Crippen molar-refractivity contribution in [1.29, 1.82) is 0 Å². The molecule has 1 aliphatic rings. The number of aliphatic carboxylic acids is 1. The fraction of sp³-hybridized carbons (Fsp3) is 0.417. The zero-order chi connectivity index (χ0) is 13.1. The second-order valence-corrected chi connectivity index (χ2v) is 5.46. The van der Waals surface area contributed by atoms with E-state index in [1.807, 2.05) is 6.07 Å². The van der Waals surface area contributed by atoms with Crippen LogP contribution in [-0.4, -0.2) is 29.8 Å². The van der Waals surface area contributed by atoms with Gasteiger partial charge in [-0.05, 0) is 47.0 Å². The Kier molecular flexibility index (Phi) is 4.48. The SMILES string of the molecule is O=C(O)C1CCC(CNc2ccc(Cl)cc2Br)O1. The van der Waals surface area contributed by atoms with E-state index in [1.54, 1.807) is 12.1 Å². The summed E-state index contributed by atoms with van der Waals surface area (Å²) in [6.07, 6.45) is 0.609. The van der Waals surface area contributed by atoms with Crippen LogP contribution in [0, 0.1) is 0 Å². The van der Waals surface area contributed by atoms with Crippen molar-refractivity contribution in [2.24, 2.45) is 0 Å². The molecule has 2 rings (SSSR count). The lowest BCUT2D eigenvalue weighted by atomic mass is 10.2. The van der Waals surface area contributed by atoms with Gasteiger partial charge in [0.05, 0.1) is 6.10 Å². The van der Waals surface area contributed by atoms with Crippen LogP contribution in [0.4, 0.5) is 5.69 Å². The van der Waals surface area contributed by atoms with Gasteiger partial charge in [-0.2, -0.15) is 0 Å². The van der Waals surface area contributed by atoms with Crippen molar-refractivity contribution >= 4 is 39.2 Å². The smallest absolute Gasteiger partial charge is 0.332 e. The van der Waals surface area contributed by atoms with E-state index in [9.17, 15) is 4.79 Å².